The van der Waals surface area contributed by atoms with Crippen molar-refractivity contribution in [1.82, 2.24) is 28.2 Å². The summed E-state index contributed by atoms with van der Waals surface area (Å²) in [5, 5.41) is 23.0. The average Bonchev–Trinajstić information content (AvgIpc) is 1.50. The third kappa shape index (κ3) is 9.99. The molecular formula is C110H74N6. The molecule has 0 atom stereocenters. The summed E-state index contributed by atoms with van der Waals surface area (Å²) in [5.41, 5.74) is 28.3. The van der Waals surface area contributed by atoms with Crippen molar-refractivity contribution in [3.8, 4) is 77.9 Å². The highest BCUT2D eigenvalue weighted by atomic mass is 15.1. The second-order valence-corrected chi connectivity index (χ2v) is 30.7. The molecule has 6 heteroatoms. The first-order valence-electron chi connectivity index (χ1n) is 40.5. The topological polar surface area (TPSA) is 51.9 Å². The lowest BCUT2D eigenvalue weighted by Crippen LogP contribution is -1.91. The summed E-state index contributed by atoms with van der Waals surface area (Å²) < 4.78 is 7.08. The monoisotopic (exact) mass is 1480 g/mol. The molecule has 25 aromatic rings. The molecule has 0 saturated carbocycles. The number of hydrogen-bond donors (Lipinski definition) is 0. The molecule has 19 aromatic carbocycles. The number of hydrogen-bond acceptors (Lipinski definition) is 3. The fourth-order valence-corrected chi connectivity index (χ4v) is 20.0. The number of para-hydroxylation sites is 3. The Morgan fingerprint density at radius 1 is 0.207 bits per heavy atom. The van der Waals surface area contributed by atoms with Crippen molar-refractivity contribution >= 4 is 147 Å². The largest absolute Gasteiger partial charge is 0.295 e. The van der Waals surface area contributed by atoms with Gasteiger partial charge in [0.15, 0.2) is 0 Å². The van der Waals surface area contributed by atoms with Crippen molar-refractivity contribution in [2.75, 3.05) is 0 Å². The predicted molar refractivity (Wildman–Crippen MR) is 491 cm³/mol. The molecule has 25 rings (SSSR count). The molecule has 0 N–H and O–H groups in total. The summed E-state index contributed by atoms with van der Waals surface area (Å²) >= 11 is 0. The van der Waals surface area contributed by atoms with Crippen LogP contribution in [-0.2, 0) is 12.8 Å². The predicted octanol–water partition coefficient (Wildman–Crippen LogP) is 29.3. The fraction of sp³-hybridized carbons (Fsp3) is 0.0455. The Morgan fingerprint density at radius 3 is 0.810 bits per heavy atom. The van der Waals surface area contributed by atoms with Crippen LogP contribution in [0.1, 0.15) is 31.3 Å². The first-order valence-corrected chi connectivity index (χ1v) is 40.5. The molecule has 116 heavy (non-hydrogen) atoms. The molecule has 0 aliphatic carbocycles. The van der Waals surface area contributed by atoms with Gasteiger partial charge in [-0.15, -0.1) is 0 Å². The normalized spacial score (nSPS) is 12.0. The van der Waals surface area contributed by atoms with Crippen molar-refractivity contribution in [3.63, 3.8) is 0 Å². The summed E-state index contributed by atoms with van der Waals surface area (Å²) in [5.74, 6) is 3.26. The van der Waals surface area contributed by atoms with E-state index in [9.17, 15) is 0 Å². The molecule has 0 unspecified atom stereocenters. The van der Waals surface area contributed by atoms with Gasteiger partial charge in [0.05, 0.1) is 49.7 Å². The van der Waals surface area contributed by atoms with Gasteiger partial charge in [0.1, 0.15) is 17.5 Å². The van der Waals surface area contributed by atoms with E-state index >= 15 is 0 Å². The van der Waals surface area contributed by atoms with Crippen LogP contribution in [0.5, 0.6) is 0 Å². The van der Waals surface area contributed by atoms with E-state index in [1.807, 2.05) is 0 Å². The van der Waals surface area contributed by atoms with Gasteiger partial charge in [0, 0.05) is 45.2 Å². The third-order valence-electron chi connectivity index (χ3n) is 24.6. The van der Waals surface area contributed by atoms with E-state index < -0.39 is 0 Å². The molecule has 0 radical (unpaired) electrons. The summed E-state index contributed by atoms with van der Waals surface area (Å²) in [6.45, 7) is 6.48. The Balaban J connectivity index is 0.000000103. The minimum atomic E-state index is 0.892. The summed E-state index contributed by atoms with van der Waals surface area (Å²) in [4.78, 5) is 14.9. The van der Waals surface area contributed by atoms with Crippen molar-refractivity contribution in [1.29, 1.82) is 0 Å². The lowest BCUT2D eigenvalue weighted by molar-refractivity contribution is 0.961. The Morgan fingerprint density at radius 2 is 0.466 bits per heavy atom. The zero-order valence-electron chi connectivity index (χ0n) is 64.3. The van der Waals surface area contributed by atoms with Crippen LogP contribution in [0.4, 0.5) is 0 Å². The Hall–Kier alpha value is -14.9. The molecule has 0 bridgehead atoms. The molecule has 0 saturated heterocycles. The van der Waals surface area contributed by atoms with Crippen LogP contribution in [0.2, 0.25) is 0 Å². The Kier molecular flexibility index (Phi) is 15.4. The molecule has 0 aliphatic heterocycles. The van der Waals surface area contributed by atoms with Crippen LogP contribution in [0, 0.1) is 6.92 Å². The molecule has 6 nitrogen and oxygen atoms in total. The van der Waals surface area contributed by atoms with Gasteiger partial charge in [-0.25, -0.2) is 15.0 Å². The molecule has 0 spiro atoms. The summed E-state index contributed by atoms with van der Waals surface area (Å²) in [7, 11) is 0. The minimum Gasteiger partial charge on any atom is -0.295 e. The van der Waals surface area contributed by atoms with Gasteiger partial charge in [-0.3, -0.25) is 13.2 Å². The van der Waals surface area contributed by atoms with E-state index in [2.05, 4.69) is 404 Å². The van der Waals surface area contributed by atoms with Crippen LogP contribution < -0.4 is 0 Å². The van der Waals surface area contributed by atoms with Gasteiger partial charge < -0.3 is 0 Å². The van der Waals surface area contributed by atoms with Crippen LogP contribution in [0.25, 0.3) is 224 Å². The maximum atomic E-state index is 5.02. The molecule has 0 amide bonds. The van der Waals surface area contributed by atoms with E-state index in [1.54, 1.807) is 0 Å². The maximum absolute atomic E-state index is 5.02. The van der Waals surface area contributed by atoms with Gasteiger partial charge in [0.25, 0.3) is 0 Å². The Labute approximate surface area is 669 Å². The van der Waals surface area contributed by atoms with Crippen LogP contribution >= 0.6 is 0 Å². The number of nitrogens with zero attached hydrogens (tertiary/aromatic N) is 6. The molecule has 544 valence electrons. The average molecular weight is 1480 g/mol. The van der Waals surface area contributed by atoms with Crippen LogP contribution in [0.15, 0.2) is 370 Å². The van der Waals surface area contributed by atoms with Gasteiger partial charge in [-0.1, -0.05) is 341 Å². The van der Waals surface area contributed by atoms with Gasteiger partial charge in [-0.05, 0) is 192 Å². The van der Waals surface area contributed by atoms with Gasteiger partial charge in [-0.2, -0.15) is 0 Å². The zero-order chi connectivity index (χ0) is 76.8. The molecule has 0 aliphatic rings. The highest BCUT2D eigenvalue weighted by Crippen LogP contribution is 2.52. The maximum Gasteiger partial charge on any atom is 0.114 e. The second-order valence-electron chi connectivity index (χ2n) is 30.7. The third-order valence-corrected chi connectivity index (χ3v) is 24.6. The molecular weight excluding hydrogens is 1410 g/mol. The SMILES string of the molecule is CCc1nc2ccc(-c3c4ccccc4c(-c4ccccc4)c4ccccc34)c3c4ccccc4n1c23.CCc1nc2ccc(-c3ccc4c(-c5ccccc5)c5ccccc5c(-c5ccccc5)c4c3)c3c4ccccc4n1c23.Cc1nc2ccc(-c3c4ccccc4c(-c4ccccc4)c4ccccc34)c3c4ccccc4n1c23. The van der Waals surface area contributed by atoms with Crippen molar-refractivity contribution < 1.29 is 0 Å². The smallest absolute Gasteiger partial charge is 0.114 e. The lowest BCUT2D eigenvalue weighted by Gasteiger charge is -2.19. The van der Waals surface area contributed by atoms with E-state index in [1.165, 1.54) is 208 Å². The van der Waals surface area contributed by atoms with E-state index in [4.69, 9.17) is 15.0 Å². The standard InChI is InChI=1S/C41H28N2.C35H24N2.C34H22N2/c1-2-37-42-35-24-23-29(40-33-19-11-12-20-36(33)43(37)41(35)40)28-21-22-32-34(25-28)39(27-15-7-4-8-16-27)31-18-10-9-17-30(31)38(32)26-13-5-3-6-14-26;1-2-31-36-29-21-20-28(34-27-18-10-11-19-30(27)37(31)35(29)34)33-25-16-8-6-14-23(25)32(22-12-4-3-5-13-22)24-15-7-9-17-26(24)33;1-21-35-29-20-19-28(33-27-17-9-10-18-30(27)36(21)34(29)33)32-25-15-7-5-13-23(25)31(22-11-3-2-4-12-22)24-14-6-8-16-26(24)32/h3-25H,2H2,1H3;3-21H,2H2,1H3;2-20H,1H3. The van der Waals surface area contributed by atoms with Crippen LogP contribution in [-0.4, -0.2) is 28.2 Å². The van der Waals surface area contributed by atoms with Crippen LogP contribution in [0.3, 0.4) is 0 Å². The summed E-state index contributed by atoms with van der Waals surface area (Å²) in [6.07, 6.45) is 1.79. The van der Waals surface area contributed by atoms with Gasteiger partial charge in [0.2, 0.25) is 0 Å². The van der Waals surface area contributed by atoms with Gasteiger partial charge >= 0.3 is 0 Å². The number of rotatable bonds is 9. The molecule has 6 heterocycles. The number of imidazole rings is 3. The number of aromatic nitrogens is 6. The summed E-state index contributed by atoms with van der Waals surface area (Å²) in [6, 6.07) is 135. The highest BCUT2D eigenvalue weighted by Gasteiger charge is 2.28. The fourth-order valence-electron chi connectivity index (χ4n) is 20.0. The number of fused-ring (bicyclic) bond motifs is 15. The van der Waals surface area contributed by atoms with Crippen molar-refractivity contribution in [2.24, 2.45) is 0 Å². The Bertz CT molecular complexity index is 8100. The second kappa shape index (κ2) is 26.7. The molecule has 0 fully saturated rings. The number of benzene rings is 19. The van der Waals surface area contributed by atoms with Crippen molar-refractivity contribution in [3.05, 3.63) is 388 Å². The quantitative estimate of drug-likeness (QED) is 0.135. The lowest BCUT2D eigenvalue weighted by atomic mass is 9.84. The number of aryl methyl sites for hydroxylation is 3. The first kappa shape index (κ1) is 66.9. The van der Waals surface area contributed by atoms with E-state index in [-0.39, 0.29) is 0 Å². The first-order chi connectivity index (χ1) is 57.5. The molecule has 6 aromatic heterocycles. The van der Waals surface area contributed by atoms with E-state index in [0.29, 0.717) is 0 Å². The minimum absolute atomic E-state index is 0.892. The zero-order valence-corrected chi connectivity index (χ0v) is 64.3. The van der Waals surface area contributed by atoms with Crippen molar-refractivity contribution in [2.45, 2.75) is 33.6 Å². The van der Waals surface area contributed by atoms with E-state index in [0.717, 1.165) is 46.9 Å². The highest BCUT2D eigenvalue weighted by molar-refractivity contribution is 6.31.